The first-order valence-electron chi connectivity index (χ1n) is 8.27. The lowest BCUT2D eigenvalue weighted by Crippen LogP contribution is -2.58. The average molecular weight is 368 g/mol. The molecule has 0 aliphatic carbocycles. The molecule has 2 rings (SSSR count). The van der Waals surface area contributed by atoms with E-state index < -0.39 is 18.0 Å². The maximum atomic E-state index is 12.5. The van der Waals surface area contributed by atoms with Crippen molar-refractivity contribution in [2.75, 3.05) is 25.0 Å². The van der Waals surface area contributed by atoms with E-state index in [0.717, 1.165) is 12.8 Å². The molecule has 1 atom stereocenters. The number of nitrogens with zero attached hydrogens (tertiary/aromatic N) is 1. The maximum absolute atomic E-state index is 12.5. The van der Waals surface area contributed by atoms with Crippen molar-refractivity contribution in [3.05, 3.63) is 29.3 Å². The number of carbonyl (C=O) groups is 3. The van der Waals surface area contributed by atoms with Crippen LogP contribution in [0.5, 0.6) is 0 Å². The number of unbranched alkanes of at least 4 members (excludes halogenated alkanes) is 1. The smallest absolute Gasteiger partial charge is 0.322 e. The fourth-order valence-corrected chi connectivity index (χ4v) is 2.56. The normalized spacial score (nSPS) is 17.0. The Morgan fingerprint density at radius 3 is 2.76 bits per heavy atom. The van der Waals surface area contributed by atoms with Crippen LogP contribution in [0, 0.1) is 0 Å². The van der Waals surface area contributed by atoms with E-state index in [9.17, 15) is 14.4 Å². The van der Waals surface area contributed by atoms with Gasteiger partial charge in [-0.25, -0.2) is 4.79 Å². The number of urea groups is 1. The minimum Gasteiger partial charge on any atom is -0.466 e. The largest absolute Gasteiger partial charge is 0.466 e. The molecule has 0 saturated carbocycles. The van der Waals surface area contributed by atoms with Crippen molar-refractivity contribution in [2.24, 2.45) is 0 Å². The Kier molecular flexibility index (Phi) is 7.06. The number of ether oxygens (including phenoxy) is 1. The van der Waals surface area contributed by atoms with Crippen molar-refractivity contribution in [2.45, 2.75) is 32.2 Å². The van der Waals surface area contributed by atoms with E-state index in [1.54, 1.807) is 24.3 Å². The second-order valence-corrected chi connectivity index (χ2v) is 6.15. The number of piperazine rings is 1. The fourth-order valence-electron chi connectivity index (χ4n) is 2.44. The number of rotatable bonds is 6. The number of benzene rings is 1. The van der Waals surface area contributed by atoms with Crippen molar-refractivity contribution in [3.8, 4) is 0 Å². The molecule has 0 unspecified atom stereocenters. The Morgan fingerprint density at radius 1 is 1.36 bits per heavy atom. The summed E-state index contributed by atoms with van der Waals surface area (Å²) in [6.45, 7) is 2.97. The summed E-state index contributed by atoms with van der Waals surface area (Å²) < 4.78 is 5.10. The van der Waals surface area contributed by atoms with E-state index in [1.165, 1.54) is 4.90 Å². The van der Waals surface area contributed by atoms with E-state index in [2.05, 4.69) is 10.6 Å². The van der Waals surface area contributed by atoms with E-state index in [1.807, 2.05) is 6.92 Å². The molecule has 8 heteroatoms. The zero-order chi connectivity index (χ0) is 18.2. The number of hydrogen-bond donors (Lipinski definition) is 2. The van der Waals surface area contributed by atoms with Gasteiger partial charge in [0.15, 0.2) is 0 Å². The molecule has 1 aromatic rings. The van der Waals surface area contributed by atoms with Crippen molar-refractivity contribution >= 4 is 35.2 Å². The van der Waals surface area contributed by atoms with Crippen molar-refractivity contribution in [1.29, 1.82) is 0 Å². The highest BCUT2D eigenvalue weighted by Gasteiger charge is 2.35. The second-order valence-electron chi connectivity index (χ2n) is 5.72. The molecule has 1 aromatic carbocycles. The first kappa shape index (κ1) is 19.1. The SMILES string of the molecule is CCCCOC(=O)C[C@H]1C(=O)NCCN1C(=O)Nc1ccc(Cl)cc1. The summed E-state index contributed by atoms with van der Waals surface area (Å²) in [6.07, 6.45) is 1.51. The molecular formula is C17H22ClN3O4. The molecule has 1 saturated heterocycles. The molecule has 0 spiro atoms. The van der Waals surface area contributed by atoms with Crippen LogP contribution in [0.2, 0.25) is 5.02 Å². The van der Waals surface area contributed by atoms with E-state index in [0.29, 0.717) is 30.4 Å². The van der Waals surface area contributed by atoms with Crippen LogP contribution in [0.3, 0.4) is 0 Å². The molecule has 1 aliphatic heterocycles. The summed E-state index contributed by atoms with van der Waals surface area (Å²) in [6, 6.07) is 5.32. The van der Waals surface area contributed by atoms with Crippen molar-refractivity contribution in [1.82, 2.24) is 10.2 Å². The predicted molar refractivity (Wildman–Crippen MR) is 94.5 cm³/mol. The molecule has 136 valence electrons. The van der Waals surface area contributed by atoms with Crippen molar-refractivity contribution < 1.29 is 19.1 Å². The molecular weight excluding hydrogens is 346 g/mol. The lowest BCUT2D eigenvalue weighted by molar-refractivity contribution is -0.147. The molecule has 0 aromatic heterocycles. The van der Waals surface area contributed by atoms with Gasteiger partial charge >= 0.3 is 12.0 Å². The van der Waals surface area contributed by atoms with Gasteiger partial charge < -0.3 is 20.3 Å². The summed E-state index contributed by atoms with van der Waals surface area (Å²) in [5.74, 6) is -0.843. The maximum Gasteiger partial charge on any atom is 0.322 e. The van der Waals surface area contributed by atoms with Gasteiger partial charge in [-0.05, 0) is 30.7 Å². The Balaban J connectivity index is 1.99. The number of carbonyl (C=O) groups excluding carboxylic acids is 3. The van der Waals surface area contributed by atoms with Crippen LogP contribution in [0.4, 0.5) is 10.5 Å². The van der Waals surface area contributed by atoms with Crippen LogP contribution >= 0.6 is 11.6 Å². The summed E-state index contributed by atoms with van der Waals surface area (Å²) in [7, 11) is 0. The van der Waals surface area contributed by atoms with E-state index in [-0.39, 0.29) is 12.3 Å². The minimum atomic E-state index is -0.879. The zero-order valence-corrected chi connectivity index (χ0v) is 14.8. The van der Waals surface area contributed by atoms with Crippen LogP contribution in [-0.4, -0.2) is 48.5 Å². The van der Waals surface area contributed by atoms with Gasteiger partial charge in [-0.15, -0.1) is 0 Å². The predicted octanol–water partition coefficient (Wildman–Crippen LogP) is 2.41. The highest BCUT2D eigenvalue weighted by atomic mass is 35.5. The number of hydrogen-bond acceptors (Lipinski definition) is 4. The van der Waals surface area contributed by atoms with E-state index >= 15 is 0 Å². The Bertz CT molecular complexity index is 621. The number of esters is 1. The van der Waals surface area contributed by atoms with Gasteiger partial charge in [0.25, 0.3) is 0 Å². The van der Waals surface area contributed by atoms with Crippen LogP contribution in [0.25, 0.3) is 0 Å². The molecule has 3 amide bonds. The highest BCUT2D eigenvalue weighted by Crippen LogP contribution is 2.16. The van der Waals surface area contributed by atoms with Gasteiger partial charge in [0.2, 0.25) is 5.91 Å². The lowest BCUT2D eigenvalue weighted by Gasteiger charge is -2.34. The number of amides is 3. The third-order valence-electron chi connectivity index (χ3n) is 3.81. The van der Waals surface area contributed by atoms with Gasteiger partial charge in [0.05, 0.1) is 13.0 Å². The number of nitrogens with one attached hydrogen (secondary N) is 2. The molecule has 2 N–H and O–H groups in total. The molecule has 1 heterocycles. The van der Waals surface area contributed by atoms with Crippen LogP contribution in [0.1, 0.15) is 26.2 Å². The molecule has 25 heavy (non-hydrogen) atoms. The summed E-state index contributed by atoms with van der Waals surface area (Å²) >= 11 is 5.82. The van der Waals surface area contributed by atoms with Gasteiger partial charge in [-0.3, -0.25) is 9.59 Å². The standard InChI is InChI=1S/C17H22ClN3O4/c1-2-3-10-25-15(22)11-14-16(23)19-8-9-21(14)17(24)20-13-6-4-12(18)5-7-13/h4-7,14H,2-3,8-11H2,1H3,(H,19,23)(H,20,24)/t14-/m0/s1. The minimum absolute atomic E-state index is 0.163. The molecule has 7 nitrogen and oxygen atoms in total. The average Bonchev–Trinajstić information content (AvgIpc) is 2.59. The Hall–Kier alpha value is -2.28. The molecule has 1 fully saturated rings. The van der Waals surface area contributed by atoms with Crippen LogP contribution < -0.4 is 10.6 Å². The van der Waals surface area contributed by atoms with Gasteiger partial charge in [0.1, 0.15) is 6.04 Å². The quantitative estimate of drug-likeness (QED) is 0.597. The molecule has 0 radical (unpaired) electrons. The summed E-state index contributed by atoms with van der Waals surface area (Å²) in [5.41, 5.74) is 0.560. The van der Waals surface area contributed by atoms with Gasteiger partial charge in [-0.1, -0.05) is 24.9 Å². The summed E-state index contributed by atoms with van der Waals surface area (Å²) in [4.78, 5) is 37.9. The third-order valence-corrected chi connectivity index (χ3v) is 4.06. The van der Waals surface area contributed by atoms with Gasteiger partial charge in [0, 0.05) is 23.8 Å². The molecule has 1 aliphatic rings. The topological polar surface area (TPSA) is 87.7 Å². The number of halogens is 1. The van der Waals surface area contributed by atoms with Crippen LogP contribution in [0.15, 0.2) is 24.3 Å². The zero-order valence-electron chi connectivity index (χ0n) is 14.1. The van der Waals surface area contributed by atoms with E-state index in [4.69, 9.17) is 16.3 Å². The third kappa shape index (κ3) is 5.63. The van der Waals surface area contributed by atoms with Crippen molar-refractivity contribution in [3.63, 3.8) is 0 Å². The number of anilines is 1. The first-order valence-corrected chi connectivity index (χ1v) is 8.65. The van der Waals surface area contributed by atoms with Gasteiger partial charge in [-0.2, -0.15) is 0 Å². The molecule has 0 bridgehead atoms. The van der Waals surface area contributed by atoms with Crippen LogP contribution in [-0.2, 0) is 14.3 Å². The Morgan fingerprint density at radius 2 is 2.08 bits per heavy atom. The summed E-state index contributed by atoms with van der Waals surface area (Å²) in [5, 5.41) is 5.94. The second kappa shape index (κ2) is 9.27. The lowest BCUT2D eigenvalue weighted by atomic mass is 10.1. The monoisotopic (exact) mass is 367 g/mol. The first-order chi connectivity index (χ1) is 12.0. The Labute approximate surface area is 151 Å². The highest BCUT2D eigenvalue weighted by molar-refractivity contribution is 6.30. The fraction of sp³-hybridized carbons (Fsp3) is 0.471.